The van der Waals surface area contributed by atoms with Gasteiger partial charge in [-0.05, 0) is 56.3 Å². The number of nitrogens with one attached hydrogen (secondary N) is 1. The van der Waals surface area contributed by atoms with E-state index >= 15 is 0 Å². The van der Waals surface area contributed by atoms with E-state index in [0.717, 1.165) is 46.2 Å². The maximum Gasteiger partial charge on any atom is 0.151 e. The van der Waals surface area contributed by atoms with Crippen molar-refractivity contribution in [3.63, 3.8) is 0 Å². The molecule has 4 aromatic rings. The number of benzene rings is 1. The number of para-hydroxylation sites is 2. The van der Waals surface area contributed by atoms with E-state index in [2.05, 4.69) is 26.3 Å². The Bertz CT molecular complexity index is 1110. The third kappa shape index (κ3) is 3.34. The minimum atomic E-state index is 0.184. The van der Waals surface area contributed by atoms with Crippen LogP contribution < -0.4 is 5.32 Å². The number of hydrogen-bond acceptors (Lipinski definition) is 7. The summed E-state index contributed by atoms with van der Waals surface area (Å²) in [6.07, 6.45) is 4.08. The first kappa shape index (κ1) is 17.2. The summed E-state index contributed by atoms with van der Waals surface area (Å²) < 4.78 is 7.03. The Morgan fingerprint density at radius 2 is 1.96 bits per heavy atom. The lowest BCUT2D eigenvalue weighted by molar-refractivity contribution is 0.299. The van der Waals surface area contributed by atoms with E-state index < -0.39 is 0 Å². The van der Waals surface area contributed by atoms with Crippen molar-refractivity contribution in [3.8, 4) is 16.4 Å². The highest BCUT2D eigenvalue weighted by Crippen LogP contribution is 2.38. The van der Waals surface area contributed by atoms with E-state index in [1.807, 2.05) is 24.3 Å². The number of likely N-dealkylation sites (tertiary alicyclic amines) is 1. The molecule has 142 valence electrons. The fourth-order valence-electron chi connectivity index (χ4n) is 3.53. The molecular weight excluding hydrogens is 372 g/mol. The molecule has 0 aliphatic carbocycles. The Balaban J connectivity index is 1.44. The maximum atomic E-state index is 10.0. The second-order valence-corrected chi connectivity index (χ2v) is 7.99. The highest BCUT2D eigenvalue weighted by atomic mass is 32.1. The maximum absolute atomic E-state index is 10.0. The number of phenolic OH excluding ortho intramolecular Hbond substituents is 1. The minimum Gasteiger partial charge on any atom is -0.506 e. The molecule has 1 aliphatic heterocycles. The van der Waals surface area contributed by atoms with Gasteiger partial charge in [-0.2, -0.15) is 0 Å². The molecule has 7 heteroatoms. The van der Waals surface area contributed by atoms with Crippen LogP contribution in [0.15, 0.2) is 53.2 Å². The molecular formula is C21H20N4O2S. The number of aromatic nitrogens is 2. The lowest BCUT2D eigenvalue weighted by atomic mass is 10.3. The Hall–Kier alpha value is -2.90. The van der Waals surface area contributed by atoms with Crippen LogP contribution in [0.3, 0.4) is 0 Å². The molecule has 0 atom stereocenters. The summed E-state index contributed by atoms with van der Waals surface area (Å²) in [5, 5.41) is 13.2. The number of aromatic hydroxyl groups is 1. The molecule has 0 unspecified atom stereocenters. The third-order valence-electron chi connectivity index (χ3n) is 4.95. The van der Waals surface area contributed by atoms with Crippen molar-refractivity contribution in [3.05, 3.63) is 54.6 Å². The van der Waals surface area contributed by atoms with Crippen molar-refractivity contribution < 1.29 is 9.52 Å². The summed E-state index contributed by atoms with van der Waals surface area (Å²) in [6, 6.07) is 13.2. The van der Waals surface area contributed by atoms with Crippen molar-refractivity contribution in [2.75, 3.05) is 18.4 Å². The molecule has 0 bridgehead atoms. The quantitative estimate of drug-likeness (QED) is 0.466. The van der Waals surface area contributed by atoms with Gasteiger partial charge in [0.2, 0.25) is 0 Å². The predicted octanol–water partition coefficient (Wildman–Crippen LogP) is 5.00. The highest BCUT2D eigenvalue weighted by Gasteiger charge is 2.16. The predicted molar refractivity (Wildman–Crippen MR) is 111 cm³/mol. The van der Waals surface area contributed by atoms with Gasteiger partial charge in [-0.3, -0.25) is 4.90 Å². The number of furan rings is 1. The first-order valence-corrected chi connectivity index (χ1v) is 10.2. The van der Waals surface area contributed by atoms with Gasteiger partial charge in [0.25, 0.3) is 0 Å². The van der Waals surface area contributed by atoms with Crippen LogP contribution in [0.25, 0.3) is 20.9 Å². The highest BCUT2D eigenvalue weighted by molar-refractivity contribution is 7.22. The van der Waals surface area contributed by atoms with Crippen LogP contribution in [0.2, 0.25) is 0 Å². The van der Waals surface area contributed by atoms with Crippen LogP contribution in [0.5, 0.6) is 5.75 Å². The first-order chi connectivity index (χ1) is 13.8. The molecule has 2 N–H and O–H groups in total. The summed E-state index contributed by atoms with van der Waals surface area (Å²) >= 11 is 1.58. The fraction of sp³-hybridized carbons (Fsp3) is 0.238. The third-order valence-corrected chi connectivity index (χ3v) is 6.10. The summed E-state index contributed by atoms with van der Waals surface area (Å²) in [6.45, 7) is 3.16. The van der Waals surface area contributed by atoms with Crippen molar-refractivity contribution in [2.24, 2.45) is 0 Å². The van der Waals surface area contributed by atoms with Gasteiger partial charge < -0.3 is 14.8 Å². The summed E-state index contributed by atoms with van der Waals surface area (Å²) in [5.74, 6) is 2.70. The molecule has 0 radical (unpaired) electrons. The number of fused-ring (bicyclic) bond motifs is 1. The lowest BCUT2D eigenvalue weighted by Crippen LogP contribution is -2.17. The van der Waals surface area contributed by atoms with Gasteiger partial charge in [-0.15, -0.1) is 11.3 Å². The van der Waals surface area contributed by atoms with Gasteiger partial charge in [0.1, 0.15) is 23.6 Å². The van der Waals surface area contributed by atoms with Gasteiger partial charge in [0.15, 0.2) is 5.82 Å². The largest absolute Gasteiger partial charge is 0.506 e. The van der Waals surface area contributed by atoms with E-state index in [9.17, 15) is 5.11 Å². The summed E-state index contributed by atoms with van der Waals surface area (Å²) in [7, 11) is 0. The average Bonchev–Trinajstić information content (AvgIpc) is 3.44. The zero-order valence-electron chi connectivity index (χ0n) is 15.3. The molecule has 0 spiro atoms. The molecule has 1 fully saturated rings. The van der Waals surface area contributed by atoms with E-state index in [4.69, 9.17) is 4.42 Å². The number of hydrogen-bond donors (Lipinski definition) is 2. The van der Waals surface area contributed by atoms with E-state index in [0.29, 0.717) is 11.5 Å². The van der Waals surface area contributed by atoms with Crippen LogP contribution in [-0.2, 0) is 6.54 Å². The van der Waals surface area contributed by atoms with Gasteiger partial charge in [-0.1, -0.05) is 12.1 Å². The Kier molecular flexibility index (Phi) is 4.46. The smallest absolute Gasteiger partial charge is 0.151 e. The van der Waals surface area contributed by atoms with E-state index in [1.165, 1.54) is 19.2 Å². The number of nitrogens with zero attached hydrogens (tertiary/aromatic N) is 3. The summed E-state index contributed by atoms with van der Waals surface area (Å²) in [4.78, 5) is 12.2. The topological polar surface area (TPSA) is 74.4 Å². The van der Waals surface area contributed by atoms with Crippen LogP contribution in [-0.4, -0.2) is 33.1 Å². The van der Waals surface area contributed by atoms with Crippen LogP contribution >= 0.6 is 11.3 Å². The molecule has 1 aromatic carbocycles. The van der Waals surface area contributed by atoms with Crippen molar-refractivity contribution in [1.82, 2.24) is 14.9 Å². The molecule has 1 aliphatic rings. The average molecular weight is 392 g/mol. The van der Waals surface area contributed by atoms with Crippen molar-refractivity contribution in [2.45, 2.75) is 19.4 Å². The molecule has 4 heterocycles. The van der Waals surface area contributed by atoms with E-state index in [-0.39, 0.29) is 5.75 Å². The van der Waals surface area contributed by atoms with Crippen LogP contribution in [0, 0.1) is 0 Å². The second-order valence-electron chi connectivity index (χ2n) is 6.94. The standard InChI is InChI=1S/C21H20N4O2S/c26-17-6-2-1-5-15(17)24-21-20-16(22-13-23-21)11-19(28-20)18-8-7-14(27-18)12-25-9-3-4-10-25/h1-2,5-8,11,13,26H,3-4,9-10,12H2,(H,22,23,24). The molecule has 5 rings (SSSR count). The van der Waals surface area contributed by atoms with Gasteiger partial charge in [0, 0.05) is 0 Å². The number of anilines is 2. The number of phenols is 1. The van der Waals surface area contributed by atoms with Crippen LogP contribution in [0.4, 0.5) is 11.5 Å². The lowest BCUT2D eigenvalue weighted by Gasteiger charge is -2.11. The monoisotopic (exact) mass is 392 g/mol. The van der Waals surface area contributed by atoms with Gasteiger partial charge >= 0.3 is 0 Å². The Labute approximate surface area is 166 Å². The second kappa shape index (κ2) is 7.26. The zero-order chi connectivity index (χ0) is 18.9. The molecule has 0 saturated carbocycles. The fourth-order valence-corrected chi connectivity index (χ4v) is 4.55. The normalized spacial score (nSPS) is 14.7. The SMILES string of the molecule is Oc1ccccc1Nc1ncnc2cc(-c3ccc(CN4CCCC4)o3)sc12. The van der Waals surface area contributed by atoms with Crippen molar-refractivity contribution >= 4 is 33.1 Å². The Morgan fingerprint density at radius 1 is 1.11 bits per heavy atom. The zero-order valence-corrected chi connectivity index (χ0v) is 16.1. The summed E-state index contributed by atoms with van der Waals surface area (Å²) in [5.41, 5.74) is 1.47. The van der Waals surface area contributed by atoms with Crippen LogP contribution in [0.1, 0.15) is 18.6 Å². The van der Waals surface area contributed by atoms with Crippen molar-refractivity contribution in [1.29, 1.82) is 0 Å². The Morgan fingerprint density at radius 3 is 2.82 bits per heavy atom. The number of thiophene rings is 1. The molecule has 1 saturated heterocycles. The molecule has 28 heavy (non-hydrogen) atoms. The molecule has 6 nitrogen and oxygen atoms in total. The first-order valence-electron chi connectivity index (χ1n) is 9.37. The molecule has 3 aromatic heterocycles. The molecule has 0 amide bonds. The van der Waals surface area contributed by atoms with Gasteiger partial charge in [0.05, 0.1) is 27.3 Å². The minimum absolute atomic E-state index is 0.184. The number of rotatable bonds is 5. The van der Waals surface area contributed by atoms with E-state index in [1.54, 1.807) is 23.5 Å². The van der Waals surface area contributed by atoms with Gasteiger partial charge in [-0.25, -0.2) is 9.97 Å².